The molecule has 2 aromatic carbocycles. The molecule has 1 saturated carbocycles. The number of halogens is 3. The molecule has 33 heavy (non-hydrogen) atoms. The first kappa shape index (κ1) is 23.8. The minimum atomic E-state index is -0.429. The summed E-state index contributed by atoms with van der Waals surface area (Å²) in [4.78, 5) is 27.6. The number of imide groups is 1. The monoisotopic (exact) mass is 503 g/mol. The third-order valence-electron chi connectivity index (χ3n) is 6.17. The fraction of sp³-hybridized carbons (Fsp3) is 0.320. The quantitative estimate of drug-likeness (QED) is 0.360. The molecule has 0 unspecified atom stereocenters. The van der Waals surface area contributed by atoms with Crippen molar-refractivity contribution in [2.75, 3.05) is 7.05 Å². The van der Waals surface area contributed by atoms with Gasteiger partial charge in [0.1, 0.15) is 0 Å². The summed E-state index contributed by atoms with van der Waals surface area (Å²) in [5.74, 6) is -0.690. The Morgan fingerprint density at radius 2 is 1.61 bits per heavy atom. The third kappa shape index (κ3) is 4.81. The molecule has 8 heteroatoms. The molecule has 2 amide bonds. The van der Waals surface area contributed by atoms with Crippen molar-refractivity contribution in [3.05, 3.63) is 68.8 Å². The average molecular weight is 505 g/mol. The highest BCUT2D eigenvalue weighted by Crippen LogP contribution is 2.34. The molecule has 0 saturated heterocycles. The van der Waals surface area contributed by atoms with Gasteiger partial charge in [-0.1, -0.05) is 66.2 Å². The van der Waals surface area contributed by atoms with E-state index in [1.807, 2.05) is 19.1 Å². The van der Waals surface area contributed by atoms with Crippen LogP contribution in [0.3, 0.4) is 0 Å². The van der Waals surface area contributed by atoms with Gasteiger partial charge in [0, 0.05) is 34.1 Å². The molecule has 1 heterocycles. The minimum Gasteiger partial charge on any atom is -0.280 e. The summed E-state index contributed by atoms with van der Waals surface area (Å²) in [6.45, 7) is 1.82. The maximum atomic E-state index is 13.4. The number of rotatable bonds is 4. The van der Waals surface area contributed by atoms with Crippen molar-refractivity contribution in [1.29, 1.82) is 0 Å². The Morgan fingerprint density at radius 3 is 2.24 bits per heavy atom. The molecule has 0 N–H and O–H groups in total. The maximum absolute atomic E-state index is 13.4. The topological polar surface area (TPSA) is 55.2 Å². The zero-order valence-corrected chi connectivity index (χ0v) is 20.7. The summed E-state index contributed by atoms with van der Waals surface area (Å²) in [5, 5.41) is 6.12. The van der Waals surface area contributed by atoms with Crippen molar-refractivity contribution in [1.82, 2.24) is 14.7 Å². The molecule has 0 bridgehead atoms. The van der Waals surface area contributed by atoms with E-state index in [1.165, 1.54) is 11.9 Å². The Kier molecular flexibility index (Phi) is 7.13. The van der Waals surface area contributed by atoms with Crippen molar-refractivity contribution in [2.45, 2.75) is 39.0 Å². The minimum absolute atomic E-state index is 0.114. The van der Waals surface area contributed by atoms with E-state index < -0.39 is 5.91 Å². The van der Waals surface area contributed by atoms with Gasteiger partial charge in [-0.15, -0.1) is 0 Å². The van der Waals surface area contributed by atoms with E-state index in [0.29, 0.717) is 32.0 Å². The molecule has 0 aliphatic heterocycles. The van der Waals surface area contributed by atoms with Gasteiger partial charge in [0.05, 0.1) is 16.4 Å². The van der Waals surface area contributed by atoms with E-state index >= 15 is 0 Å². The van der Waals surface area contributed by atoms with Gasteiger partial charge < -0.3 is 0 Å². The van der Waals surface area contributed by atoms with E-state index in [0.717, 1.165) is 37.7 Å². The molecule has 172 valence electrons. The van der Waals surface area contributed by atoms with Crippen molar-refractivity contribution >= 4 is 46.6 Å². The molecular weight excluding hydrogens is 481 g/mol. The lowest BCUT2D eigenvalue weighted by atomic mass is 9.88. The Labute approximate surface area is 208 Å². The summed E-state index contributed by atoms with van der Waals surface area (Å²) in [5.41, 5.74) is 2.94. The predicted octanol–water partition coefficient (Wildman–Crippen LogP) is 6.99. The van der Waals surface area contributed by atoms with Crippen LogP contribution in [0.25, 0.3) is 16.9 Å². The zero-order valence-electron chi connectivity index (χ0n) is 18.4. The molecule has 0 atom stereocenters. The summed E-state index contributed by atoms with van der Waals surface area (Å²) in [6.07, 6.45) is 4.81. The lowest BCUT2D eigenvalue weighted by molar-refractivity contribution is -0.132. The fourth-order valence-corrected chi connectivity index (χ4v) is 4.97. The van der Waals surface area contributed by atoms with Crippen molar-refractivity contribution in [3.8, 4) is 16.9 Å². The highest BCUT2D eigenvalue weighted by Gasteiger charge is 2.31. The maximum Gasteiger partial charge on any atom is 0.281 e. The second kappa shape index (κ2) is 9.88. The van der Waals surface area contributed by atoms with Crippen molar-refractivity contribution < 1.29 is 9.59 Å². The van der Waals surface area contributed by atoms with E-state index in [9.17, 15) is 9.59 Å². The first-order chi connectivity index (χ1) is 15.8. The molecule has 5 nitrogen and oxygen atoms in total. The van der Waals surface area contributed by atoms with Crippen LogP contribution < -0.4 is 0 Å². The average Bonchev–Trinajstić information content (AvgIpc) is 3.15. The highest BCUT2D eigenvalue weighted by molar-refractivity contribution is 6.35. The number of hydrogen-bond donors (Lipinski definition) is 0. The van der Waals surface area contributed by atoms with Gasteiger partial charge in [0.15, 0.2) is 5.69 Å². The van der Waals surface area contributed by atoms with Crippen LogP contribution in [0, 0.1) is 12.8 Å². The fourth-order valence-electron chi connectivity index (χ4n) is 4.36. The second-order valence-corrected chi connectivity index (χ2v) is 9.65. The van der Waals surface area contributed by atoms with Gasteiger partial charge in [0.2, 0.25) is 5.91 Å². The van der Waals surface area contributed by atoms with Crippen LogP contribution in [0.5, 0.6) is 0 Å². The first-order valence-electron chi connectivity index (χ1n) is 10.9. The highest BCUT2D eigenvalue weighted by atomic mass is 35.5. The van der Waals surface area contributed by atoms with E-state index in [4.69, 9.17) is 34.8 Å². The van der Waals surface area contributed by atoms with Crippen molar-refractivity contribution in [2.24, 2.45) is 5.92 Å². The van der Waals surface area contributed by atoms with Crippen molar-refractivity contribution in [3.63, 3.8) is 0 Å². The molecule has 4 rings (SSSR count). The number of amides is 2. The van der Waals surface area contributed by atoms with Gasteiger partial charge in [-0.05, 0) is 50.1 Å². The van der Waals surface area contributed by atoms with E-state index in [1.54, 1.807) is 35.0 Å². The molecule has 1 aliphatic rings. The standard InChI is InChI=1S/C25H24Cl3N3O2/c1-15-22(25(33)30(2)24(32)17-6-4-3-5-7-17)29-31(21-13-12-19(27)14-20(21)28)23(15)16-8-10-18(26)11-9-16/h8-14,17H,3-7H2,1-2H3. The van der Waals surface area contributed by atoms with Crippen LogP contribution >= 0.6 is 34.8 Å². The largest absolute Gasteiger partial charge is 0.281 e. The Morgan fingerprint density at radius 1 is 0.970 bits per heavy atom. The smallest absolute Gasteiger partial charge is 0.280 e. The van der Waals surface area contributed by atoms with Crippen LogP contribution in [0.2, 0.25) is 15.1 Å². The van der Waals surface area contributed by atoms with E-state index in [-0.39, 0.29) is 17.5 Å². The van der Waals surface area contributed by atoms with Crippen LogP contribution in [0.1, 0.15) is 48.2 Å². The molecule has 1 fully saturated rings. The summed E-state index contributed by atoms with van der Waals surface area (Å²) < 4.78 is 1.63. The number of hydrogen-bond acceptors (Lipinski definition) is 3. The lowest BCUT2D eigenvalue weighted by Gasteiger charge is -2.25. The van der Waals surface area contributed by atoms with Crippen LogP contribution in [0.4, 0.5) is 0 Å². The molecular formula is C25H24Cl3N3O2. The SMILES string of the molecule is Cc1c(C(=O)N(C)C(=O)C2CCCCC2)nn(-c2ccc(Cl)cc2Cl)c1-c1ccc(Cl)cc1. The normalized spacial score (nSPS) is 14.3. The molecule has 0 spiro atoms. The number of carbonyl (C=O) groups is 2. The molecule has 1 aromatic heterocycles. The number of benzene rings is 2. The summed E-state index contributed by atoms with van der Waals surface area (Å²) in [7, 11) is 1.54. The Bertz CT molecular complexity index is 1200. The molecule has 1 aliphatic carbocycles. The third-order valence-corrected chi connectivity index (χ3v) is 6.96. The second-order valence-electron chi connectivity index (χ2n) is 8.37. The van der Waals surface area contributed by atoms with Crippen LogP contribution in [-0.2, 0) is 4.79 Å². The van der Waals surface area contributed by atoms with Gasteiger partial charge in [0.25, 0.3) is 5.91 Å². The lowest BCUT2D eigenvalue weighted by Crippen LogP contribution is -2.39. The van der Waals surface area contributed by atoms with Gasteiger partial charge >= 0.3 is 0 Å². The Hall–Kier alpha value is -2.34. The summed E-state index contributed by atoms with van der Waals surface area (Å²) >= 11 is 18.7. The van der Waals surface area contributed by atoms with Crippen LogP contribution in [0.15, 0.2) is 42.5 Å². The summed E-state index contributed by atoms with van der Waals surface area (Å²) in [6, 6.07) is 12.4. The molecule has 0 radical (unpaired) electrons. The molecule has 3 aromatic rings. The van der Waals surface area contributed by atoms with Crippen LogP contribution in [-0.4, -0.2) is 33.5 Å². The van der Waals surface area contributed by atoms with Gasteiger partial charge in [-0.3, -0.25) is 14.5 Å². The van der Waals surface area contributed by atoms with E-state index in [2.05, 4.69) is 5.10 Å². The zero-order chi connectivity index (χ0) is 23.7. The Balaban J connectivity index is 1.80. The number of carbonyl (C=O) groups excluding carboxylic acids is 2. The van der Waals surface area contributed by atoms with Gasteiger partial charge in [-0.25, -0.2) is 4.68 Å². The van der Waals surface area contributed by atoms with Gasteiger partial charge in [-0.2, -0.15) is 5.10 Å². The number of nitrogens with zero attached hydrogens (tertiary/aromatic N) is 3. The number of aromatic nitrogens is 2. The predicted molar refractivity (Wildman–Crippen MR) is 132 cm³/mol. The first-order valence-corrected chi connectivity index (χ1v) is 12.0.